The van der Waals surface area contributed by atoms with Gasteiger partial charge in [-0.2, -0.15) is 9.97 Å². The van der Waals surface area contributed by atoms with Crippen LogP contribution in [-0.2, 0) is 6.54 Å². The summed E-state index contributed by atoms with van der Waals surface area (Å²) in [6, 6.07) is 9.75. The van der Waals surface area contributed by atoms with Crippen molar-refractivity contribution >= 4 is 11.8 Å². The first-order chi connectivity index (χ1) is 11.2. The molecule has 0 aliphatic carbocycles. The summed E-state index contributed by atoms with van der Waals surface area (Å²) in [4.78, 5) is 18.4. The monoisotopic (exact) mass is 316 g/mol. The van der Waals surface area contributed by atoms with E-state index in [1.165, 1.54) is 20.3 Å². The van der Waals surface area contributed by atoms with Crippen LogP contribution >= 0.6 is 0 Å². The van der Waals surface area contributed by atoms with Gasteiger partial charge < -0.3 is 14.8 Å². The van der Waals surface area contributed by atoms with Crippen molar-refractivity contribution in [3.63, 3.8) is 0 Å². The van der Waals surface area contributed by atoms with Crippen LogP contribution in [0.1, 0.15) is 11.3 Å². The minimum Gasteiger partial charge on any atom is -0.476 e. The first-order valence-corrected chi connectivity index (χ1v) is 6.74. The molecule has 0 radical (unpaired) electrons. The molecule has 1 aromatic carbocycles. The Hall–Kier alpha value is -3.16. The van der Waals surface area contributed by atoms with Gasteiger partial charge in [-0.3, -0.25) is 10.1 Å². The van der Waals surface area contributed by atoms with Crippen LogP contribution in [0.5, 0.6) is 11.9 Å². The van der Waals surface area contributed by atoms with Crippen LogP contribution in [0.3, 0.4) is 0 Å². The Morgan fingerprint density at radius 2 is 1.96 bits per heavy atom. The molecule has 1 aromatic heterocycles. The number of methoxy groups -OCH3 is 2. The number of nitrogens with zero attached hydrogens (tertiary/aromatic N) is 3. The molecule has 1 heterocycles. The minimum atomic E-state index is -0.588. The molecule has 0 amide bonds. The second-order valence-corrected chi connectivity index (χ2v) is 4.41. The minimum absolute atomic E-state index is 0.00448. The molecule has 2 rings (SSSR count). The van der Waals surface area contributed by atoms with Crippen LogP contribution in [0.2, 0.25) is 0 Å². The molecule has 8 heteroatoms. The van der Waals surface area contributed by atoms with Gasteiger partial charge in [0.15, 0.2) is 5.69 Å². The molecule has 0 atom stereocenters. The van der Waals surface area contributed by atoms with Crippen molar-refractivity contribution in [2.24, 2.45) is 0 Å². The zero-order chi connectivity index (χ0) is 16.7. The lowest BCUT2D eigenvalue weighted by molar-refractivity contribution is -0.386. The zero-order valence-corrected chi connectivity index (χ0v) is 12.7. The van der Waals surface area contributed by atoms with Gasteiger partial charge in [-0.05, 0) is 17.8 Å². The maximum absolute atomic E-state index is 11.2. The number of rotatable bonds is 7. The summed E-state index contributed by atoms with van der Waals surface area (Å²) < 4.78 is 9.87. The van der Waals surface area contributed by atoms with Gasteiger partial charge in [0.2, 0.25) is 0 Å². The molecule has 0 fully saturated rings. The van der Waals surface area contributed by atoms with Crippen molar-refractivity contribution in [2.45, 2.75) is 6.54 Å². The van der Waals surface area contributed by atoms with Crippen LogP contribution in [0.4, 0.5) is 5.69 Å². The number of aromatic nitrogens is 2. The van der Waals surface area contributed by atoms with Gasteiger partial charge in [-0.25, -0.2) is 0 Å². The van der Waals surface area contributed by atoms with E-state index in [1.807, 2.05) is 30.3 Å². The quantitative estimate of drug-likeness (QED) is 0.617. The summed E-state index contributed by atoms with van der Waals surface area (Å²) in [6.07, 6.45) is 3.06. The second-order valence-electron chi connectivity index (χ2n) is 4.41. The number of ether oxygens (including phenoxy) is 2. The number of benzene rings is 1. The van der Waals surface area contributed by atoms with Gasteiger partial charge in [0.1, 0.15) is 0 Å². The van der Waals surface area contributed by atoms with Crippen LogP contribution in [0, 0.1) is 10.1 Å². The van der Waals surface area contributed by atoms with E-state index in [4.69, 9.17) is 9.47 Å². The summed E-state index contributed by atoms with van der Waals surface area (Å²) in [5, 5.41) is 14.3. The Labute approximate surface area is 132 Å². The highest BCUT2D eigenvalue weighted by molar-refractivity contribution is 5.61. The van der Waals surface area contributed by atoms with Gasteiger partial charge in [0.05, 0.1) is 19.1 Å². The average Bonchev–Trinajstić information content (AvgIpc) is 2.58. The van der Waals surface area contributed by atoms with E-state index >= 15 is 0 Å². The number of hydrogen-bond donors (Lipinski definition) is 1. The molecule has 120 valence electrons. The number of nitro groups is 1. The molecule has 1 N–H and O–H groups in total. The molecule has 0 aliphatic rings. The highest BCUT2D eigenvalue weighted by Gasteiger charge is 2.24. The third-order valence-electron chi connectivity index (χ3n) is 2.93. The summed E-state index contributed by atoms with van der Waals surface area (Å²) in [5.41, 5.74) is 0.870. The lowest BCUT2D eigenvalue weighted by Crippen LogP contribution is -2.06. The summed E-state index contributed by atoms with van der Waals surface area (Å²) in [5.74, 6) is -0.149. The predicted octanol–water partition coefficient (Wildman–Crippen LogP) is 2.16. The summed E-state index contributed by atoms with van der Waals surface area (Å²) >= 11 is 0. The van der Waals surface area contributed by atoms with Gasteiger partial charge in [-0.15, -0.1) is 0 Å². The summed E-state index contributed by atoms with van der Waals surface area (Å²) in [7, 11) is 2.68. The van der Waals surface area contributed by atoms with Crippen LogP contribution in [0.25, 0.3) is 6.08 Å². The van der Waals surface area contributed by atoms with E-state index < -0.39 is 4.92 Å². The van der Waals surface area contributed by atoms with Crippen molar-refractivity contribution in [3.05, 3.63) is 57.9 Å². The Bertz CT molecular complexity index is 704. The average molecular weight is 316 g/mol. The van der Waals surface area contributed by atoms with Gasteiger partial charge >= 0.3 is 17.6 Å². The Morgan fingerprint density at radius 1 is 1.22 bits per heavy atom. The third-order valence-corrected chi connectivity index (χ3v) is 2.93. The molecule has 8 nitrogen and oxygen atoms in total. The van der Waals surface area contributed by atoms with Gasteiger partial charge in [0.25, 0.3) is 0 Å². The molecule has 0 saturated heterocycles. The fourth-order valence-corrected chi connectivity index (χ4v) is 1.86. The Balaban J connectivity index is 2.20. The molecule has 0 aliphatic heterocycles. The van der Waals surface area contributed by atoms with Crippen molar-refractivity contribution < 1.29 is 14.4 Å². The molecule has 0 unspecified atom stereocenters. The SMILES string of the molecule is COc1nc(/C=C/NCc2ccccc2)c([N+](=O)[O-])c(OC)n1. The van der Waals surface area contributed by atoms with Gasteiger partial charge in [0, 0.05) is 6.54 Å². The maximum atomic E-state index is 11.2. The van der Waals surface area contributed by atoms with Crippen molar-refractivity contribution in [1.29, 1.82) is 0 Å². The van der Waals surface area contributed by atoms with E-state index in [2.05, 4.69) is 15.3 Å². The number of nitrogens with one attached hydrogen (secondary N) is 1. The largest absolute Gasteiger partial charge is 0.476 e. The van der Waals surface area contributed by atoms with Crippen molar-refractivity contribution in [1.82, 2.24) is 15.3 Å². The Kier molecular flexibility index (Phi) is 5.45. The Morgan fingerprint density at radius 3 is 2.57 bits per heavy atom. The summed E-state index contributed by atoms with van der Waals surface area (Å²) in [6.45, 7) is 0.588. The van der Waals surface area contributed by atoms with E-state index in [9.17, 15) is 10.1 Å². The normalized spacial score (nSPS) is 10.5. The zero-order valence-electron chi connectivity index (χ0n) is 12.7. The van der Waals surface area contributed by atoms with E-state index in [0.29, 0.717) is 6.54 Å². The van der Waals surface area contributed by atoms with E-state index in [1.54, 1.807) is 6.20 Å². The van der Waals surface area contributed by atoms with Crippen LogP contribution in [0.15, 0.2) is 36.5 Å². The molecular formula is C15H16N4O4. The molecule has 0 bridgehead atoms. The van der Waals surface area contributed by atoms with Gasteiger partial charge in [-0.1, -0.05) is 30.3 Å². The fourth-order valence-electron chi connectivity index (χ4n) is 1.86. The standard InChI is InChI=1S/C15H16N4O4/c1-22-14-13(19(20)21)12(17-15(18-14)23-2)8-9-16-10-11-6-4-3-5-7-11/h3-9,16H,10H2,1-2H3/b9-8+. The molecule has 23 heavy (non-hydrogen) atoms. The maximum Gasteiger partial charge on any atom is 0.356 e. The van der Waals surface area contributed by atoms with E-state index in [0.717, 1.165) is 5.56 Å². The topological polar surface area (TPSA) is 99.4 Å². The third kappa shape index (κ3) is 4.16. The molecule has 2 aromatic rings. The number of hydrogen-bond acceptors (Lipinski definition) is 7. The van der Waals surface area contributed by atoms with E-state index in [-0.39, 0.29) is 23.3 Å². The molecule has 0 spiro atoms. The van der Waals surface area contributed by atoms with Crippen LogP contribution < -0.4 is 14.8 Å². The second kappa shape index (κ2) is 7.74. The smallest absolute Gasteiger partial charge is 0.356 e. The van der Waals surface area contributed by atoms with Crippen molar-refractivity contribution in [2.75, 3.05) is 14.2 Å². The lowest BCUT2D eigenvalue weighted by atomic mass is 10.2. The predicted molar refractivity (Wildman–Crippen MR) is 84.1 cm³/mol. The first kappa shape index (κ1) is 16.2. The molecular weight excluding hydrogens is 300 g/mol. The molecule has 0 saturated carbocycles. The first-order valence-electron chi connectivity index (χ1n) is 6.74. The fraction of sp³-hybridized carbons (Fsp3) is 0.200. The highest BCUT2D eigenvalue weighted by Crippen LogP contribution is 2.30. The lowest BCUT2D eigenvalue weighted by Gasteiger charge is -2.05. The van der Waals surface area contributed by atoms with Crippen LogP contribution in [-0.4, -0.2) is 29.1 Å². The highest BCUT2D eigenvalue weighted by atomic mass is 16.6. The van der Waals surface area contributed by atoms with Crippen molar-refractivity contribution in [3.8, 4) is 11.9 Å².